The van der Waals surface area contributed by atoms with E-state index in [0.29, 0.717) is 16.8 Å². The second kappa shape index (κ2) is 6.76. The highest BCUT2D eigenvalue weighted by molar-refractivity contribution is 5.79. The van der Waals surface area contributed by atoms with Crippen molar-refractivity contribution in [2.75, 3.05) is 12.0 Å². The van der Waals surface area contributed by atoms with Crippen molar-refractivity contribution < 1.29 is 9.50 Å². The molecule has 2 rings (SSSR count). The lowest BCUT2D eigenvalue weighted by Crippen LogP contribution is -2.19. The summed E-state index contributed by atoms with van der Waals surface area (Å²) in [6, 6.07) is 5.81. The number of rotatable bonds is 5. The van der Waals surface area contributed by atoms with Crippen LogP contribution in [0.15, 0.2) is 34.2 Å². The van der Waals surface area contributed by atoms with Crippen LogP contribution >= 0.6 is 0 Å². The minimum Gasteiger partial charge on any atom is -0.396 e. The maximum absolute atomic E-state index is 12.7. The molecule has 0 aliphatic rings. The summed E-state index contributed by atoms with van der Waals surface area (Å²) in [6.07, 6.45) is 1.74. The molecule has 0 aliphatic heterocycles. The van der Waals surface area contributed by atoms with Crippen molar-refractivity contribution in [2.45, 2.75) is 13.3 Å². The van der Waals surface area contributed by atoms with Crippen LogP contribution in [0.5, 0.6) is 0 Å². The third-order valence-electron chi connectivity index (χ3n) is 2.84. The number of nitrogens with zero attached hydrogens (tertiary/aromatic N) is 2. The molecule has 21 heavy (non-hydrogen) atoms. The molecule has 0 atom stereocenters. The lowest BCUT2D eigenvalue weighted by Gasteiger charge is -2.05. The molecule has 1 heterocycles. The Hall–Kier alpha value is -2.54. The van der Waals surface area contributed by atoms with Gasteiger partial charge in [-0.3, -0.25) is 9.78 Å². The van der Waals surface area contributed by atoms with Gasteiger partial charge in [0.25, 0.3) is 5.56 Å². The molecular weight excluding hydrogens is 275 g/mol. The van der Waals surface area contributed by atoms with Gasteiger partial charge in [-0.15, -0.1) is 0 Å². The van der Waals surface area contributed by atoms with Crippen LogP contribution in [0.25, 0.3) is 0 Å². The smallest absolute Gasteiger partial charge is 0.255 e. The molecule has 0 bridgehead atoms. The highest BCUT2D eigenvalue weighted by Gasteiger charge is 2.06. The number of H-pyrrole nitrogens is 1. The summed E-state index contributed by atoms with van der Waals surface area (Å²) in [4.78, 5) is 18.5. The minimum absolute atomic E-state index is 0.110. The van der Waals surface area contributed by atoms with Gasteiger partial charge in [0.2, 0.25) is 5.95 Å². The van der Waals surface area contributed by atoms with Crippen molar-refractivity contribution in [1.82, 2.24) is 9.97 Å². The highest BCUT2D eigenvalue weighted by atomic mass is 19.1. The monoisotopic (exact) mass is 290 g/mol. The molecule has 0 aliphatic carbocycles. The number of hydrogen-bond donors (Lipinski definition) is 3. The molecule has 2 aromatic rings. The van der Waals surface area contributed by atoms with E-state index in [-0.39, 0.29) is 30.4 Å². The lowest BCUT2D eigenvalue weighted by atomic mass is 10.2. The third-order valence-corrected chi connectivity index (χ3v) is 2.84. The van der Waals surface area contributed by atoms with Crippen LogP contribution in [0, 0.1) is 12.7 Å². The number of halogens is 1. The zero-order valence-corrected chi connectivity index (χ0v) is 11.4. The Morgan fingerprint density at radius 1 is 1.43 bits per heavy atom. The van der Waals surface area contributed by atoms with Gasteiger partial charge in [0, 0.05) is 18.6 Å². The number of nitrogens with one attached hydrogen (secondary N) is 2. The highest BCUT2D eigenvalue weighted by Crippen LogP contribution is 2.04. The van der Waals surface area contributed by atoms with E-state index in [9.17, 15) is 9.18 Å². The molecule has 6 nitrogen and oxygen atoms in total. The summed E-state index contributed by atoms with van der Waals surface area (Å²) in [5, 5.41) is 12.8. The van der Waals surface area contributed by atoms with Gasteiger partial charge in [-0.25, -0.2) is 14.8 Å². The number of benzene rings is 1. The average molecular weight is 290 g/mol. The van der Waals surface area contributed by atoms with E-state index in [1.54, 1.807) is 19.1 Å². The predicted octanol–water partition coefficient (Wildman–Crippen LogP) is 1.20. The Morgan fingerprint density at radius 3 is 2.76 bits per heavy atom. The Labute approximate surface area is 120 Å². The van der Waals surface area contributed by atoms with Crippen LogP contribution in [0.1, 0.15) is 16.8 Å². The molecule has 0 saturated carbocycles. The lowest BCUT2D eigenvalue weighted by molar-refractivity contribution is 0.298. The number of hydrogen-bond acceptors (Lipinski definition) is 5. The molecule has 0 spiro atoms. The minimum atomic E-state index is -0.318. The molecule has 0 saturated heterocycles. The first-order valence-electron chi connectivity index (χ1n) is 6.35. The van der Waals surface area contributed by atoms with Gasteiger partial charge in [0.1, 0.15) is 5.82 Å². The van der Waals surface area contributed by atoms with Gasteiger partial charge in [-0.05, 0) is 24.6 Å². The largest absolute Gasteiger partial charge is 0.396 e. The summed E-state index contributed by atoms with van der Waals surface area (Å²) in [5.74, 6) is -0.112. The molecule has 110 valence electrons. The van der Waals surface area contributed by atoms with Crippen molar-refractivity contribution >= 4 is 12.2 Å². The number of aliphatic hydroxyl groups is 1. The van der Waals surface area contributed by atoms with Crippen LogP contribution in [0.3, 0.4) is 0 Å². The van der Waals surface area contributed by atoms with Crippen molar-refractivity contribution in [3.05, 3.63) is 57.3 Å². The van der Waals surface area contributed by atoms with E-state index in [4.69, 9.17) is 5.11 Å². The van der Waals surface area contributed by atoms with Crippen LogP contribution in [0.4, 0.5) is 10.3 Å². The Kier molecular flexibility index (Phi) is 4.78. The van der Waals surface area contributed by atoms with Gasteiger partial charge in [-0.1, -0.05) is 12.1 Å². The SMILES string of the molecule is Cc1nc(N/N=C\c2ccc(F)cc2)[nH]c(=O)c1CCO. The number of aromatic amines is 1. The molecule has 0 radical (unpaired) electrons. The van der Waals surface area contributed by atoms with Crippen molar-refractivity contribution in [2.24, 2.45) is 5.10 Å². The van der Waals surface area contributed by atoms with Crippen LogP contribution < -0.4 is 11.0 Å². The number of aromatic nitrogens is 2. The Morgan fingerprint density at radius 2 is 2.14 bits per heavy atom. The number of anilines is 1. The maximum atomic E-state index is 12.7. The van der Waals surface area contributed by atoms with Crippen LogP contribution in [0.2, 0.25) is 0 Å². The van der Waals surface area contributed by atoms with E-state index >= 15 is 0 Å². The Balaban J connectivity index is 2.10. The van der Waals surface area contributed by atoms with E-state index < -0.39 is 0 Å². The standard InChI is InChI=1S/C14H15FN4O2/c1-9-12(6-7-20)13(21)18-14(17-9)19-16-8-10-2-4-11(15)5-3-10/h2-5,8,20H,6-7H2,1H3,(H2,17,18,19,21)/b16-8-. The molecule has 1 aromatic carbocycles. The van der Waals surface area contributed by atoms with E-state index in [1.807, 2.05) is 0 Å². The molecule has 0 unspecified atom stereocenters. The zero-order chi connectivity index (χ0) is 15.2. The fraction of sp³-hybridized carbons (Fsp3) is 0.214. The normalized spacial score (nSPS) is 11.0. The van der Waals surface area contributed by atoms with Crippen molar-refractivity contribution in [1.29, 1.82) is 0 Å². The quantitative estimate of drug-likeness (QED) is 0.570. The first-order chi connectivity index (χ1) is 10.1. The van der Waals surface area contributed by atoms with Crippen molar-refractivity contribution in [3.8, 4) is 0 Å². The number of hydrazone groups is 1. The van der Waals surface area contributed by atoms with E-state index in [0.717, 1.165) is 0 Å². The van der Waals surface area contributed by atoms with Crippen molar-refractivity contribution in [3.63, 3.8) is 0 Å². The molecular formula is C14H15FN4O2. The molecule has 1 aromatic heterocycles. The summed E-state index contributed by atoms with van der Waals surface area (Å²) < 4.78 is 12.7. The van der Waals surface area contributed by atoms with Gasteiger partial charge in [0.05, 0.1) is 11.9 Å². The fourth-order valence-electron chi connectivity index (χ4n) is 1.79. The van der Waals surface area contributed by atoms with Gasteiger partial charge < -0.3 is 5.11 Å². The second-order valence-corrected chi connectivity index (χ2v) is 4.37. The van der Waals surface area contributed by atoms with E-state index in [2.05, 4.69) is 20.5 Å². The molecule has 0 fully saturated rings. The number of aryl methyl sites for hydroxylation is 1. The van der Waals surface area contributed by atoms with Gasteiger partial charge in [-0.2, -0.15) is 5.10 Å². The maximum Gasteiger partial charge on any atom is 0.255 e. The van der Waals surface area contributed by atoms with E-state index in [1.165, 1.54) is 18.3 Å². The predicted molar refractivity (Wildman–Crippen MR) is 78.0 cm³/mol. The molecule has 0 amide bonds. The zero-order valence-electron chi connectivity index (χ0n) is 11.4. The van der Waals surface area contributed by atoms with Gasteiger partial charge in [0.15, 0.2) is 0 Å². The van der Waals surface area contributed by atoms with Crippen LogP contribution in [-0.2, 0) is 6.42 Å². The topological polar surface area (TPSA) is 90.4 Å². The first kappa shape index (κ1) is 14.9. The third kappa shape index (κ3) is 3.96. The fourth-order valence-corrected chi connectivity index (χ4v) is 1.79. The summed E-state index contributed by atoms with van der Waals surface area (Å²) >= 11 is 0. The summed E-state index contributed by atoms with van der Waals surface area (Å²) in [5.41, 5.74) is 3.99. The van der Waals surface area contributed by atoms with Crippen LogP contribution in [-0.4, -0.2) is 27.9 Å². The molecule has 3 N–H and O–H groups in total. The molecule has 7 heteroatoms. The second-order valence-electron chi connectivity index (χ2n) is 4.37. The summed E-state index contributed by atoms with van der Waals surface area (Å²) in [6.45, 7) is 1.58. The van der Waals surface area contributed by atoms with Gasteiger partial charge >= 0.3 is 0 Å². The first-order valence-corrected chi connectivity index (χ1v) is 6.35. The average Bonchev–Trinajstić information content (AvgIpc) is 2.45. The number of aliphatic hydroxyl groups excluding tert-OH is 1. The Bertz CT molecular complexity index is 695. The summed E-state index contributed by atoms with van der Waals surface area (Å²) in [7, 11) is 0.